The normalized spacial score (nSPS) is 15.5. The number of nitrogens with one attached hydrogen (secondary N) is 1. The highest BCUT2D eigenvalue weighted by molar-refractivity contribution is 5.76. The summed E-state index contributed by atoms with van der Waals surface area (Å²) < 4.78 is 0. The molecule has 0 radical (unpaired) electrons. The fourth-order valence-corrected chi connectivity index (χ4v) is 2.40. The molecule has 0 saturated heterocycles. The molecule has 4 heteroatoms. The van der Waals surface area contributed by atoms with Crippen LogP contribution in [0.3, 0.4) is 0 Å². The van der Waals surface area contributed by atoms with Gasteiger partial charge < -0.3 is 16.0 Å². The van der Waals surface area contributed by atoms with Gasteiger partial charge in [-0.3, -0.25) is 4.79 Å². The summed E-state index contributed by atoms with van der Waals surface area (Å²) in [6.45, 7) is 11.3. The maximum atomic E-state index is 12.0. The van der Waals surface area contributed by atoms with Gasteiger partial charge in [0.25, 0.3) is 0 Å². The molecule has 0 aromatic rings. The second-order valence-electron chi connectivity index (χ2n) is 7.09. The van der Waals surface area contributed by atoms with Crippen molar-refractivity contribution >= 4 is 5.91 Å². The monoisotopic (exact) mass is 285 g/mol. The van der Waals surface area contributed by atoms with Gasteiger partial charge in [-0.25, -0.2) is 0 Å². The molecule has 0 aliphatic heterocycles. The van der Waals surface area contributed by atoms with E-state index in [9.17, 15) is 4.79 Å². The largest absolute Gasteiger partial charge is 0.354 e. The summed E-state index contributed by atoms with van der Waals surface area (Å²) in [5, 5.41) is 3.06. The van der Waals surface area contributed by atoms with E-state index in [0.29, 0.717) is 24.9 Å². The van der Waals surface area contributed by atoms with Gasteiger partial charge in [-0.2, -0.15) is 0 Å². The van der Waals surface area contributed by atoms with Crippen molar-refractivity contribution in [1.82, 2.24) is 10.2 Å². The summed E-state index contributed by atoms with van der Waals surface area (Å²) in [6.07, 6.45) is 2.67. The molecule has 0 heterocycles. The van der Waals surface area contributed by atoms with Crippen LogP contribution in [0.5, 0.6) is 0 Å². The van der Waals surface area contributed by atoms with Crippen molar-refractivity contribution in [2.24, 2.45) is 17.1 Å². The number of rotatable bonds is 8. The van der Waals surface area contributed by atoms with Crippen LogP contribution < -0.4 is 11.1 Å². The van der Waals surface area contributed by atoms with Crippen LogP contribution in [0, 0.1) is 11.3 Å². The third-order valence-electron chi connectivity index (χ3n) is 4.28. The van der Waals surface area contributed by atoms with Gasteiger partial charge in [-0.05, 0) is 25.4 Å². The highest BCUT2D eigenvalue weighted by Gasteiger charge is 2.25. The van der Waals surface area contributed by atoms with E-state index in [1.807, 2.05) is 0 Å². The van der Waals surface area contributed by atoms with Gasteiger partial charge in [-0.15, -0.1) is 0 Å². The molecule has 2 unspecified atom stereocenters. The fourth-order valence-electron chi connectivity index (χ4n) is 2.40. The first-order valence-corrected chi connectivity index (χ1v) is 7.82. The van der Waals surface area contributed by atoms with Crippen LogP contribution in [0.15, 0.2) is 0 Å². The zero-order valence-corrected chi connectivity index (χ0v) is 14.5. The Morgan fingerprint density at radius 3 is 2.05 bits per heavy atom. The van der Waals surface area contributed by atoms with Crippen molar-refractivity contribution in [3.05, 3.63) is 0 Å². The van der Waals surface area contributed by atoms with Gasteiger partial charge in [-0.1, -0.05) is 47.5 Å². The number of hydrogen-bond donors (Lipinski definition) is 2. The topological polar surface area (TPSA) is 58.4 Å². The maximum Gasteiger partial charge on any atom is 0.221 e. The summed E-state index contributed by atoms with van der Waals surface area (Å²) in [5.74, 6) is 0.673. The molecule has 0 bridgehead atoms. The van der Waals surface area contributed by atoms with Crippen LogP contribution in [0.4, 0.5) is 0 Å². The lowest BCUT2D eigenvalue weighted by molar-refractivity contribution is -0.122. The van der Waals surface area contributed by atoms with E-state index < -0.39 is 0 Å². The van der Waals surface area contributed by atoms with Crippen molar-refractivity contribution in [2.75, 3.05) is 20.6 Å². The molecule has 120 valence electrons. The Balaban J connectivity index is 4.39. The molecule has 0 rings (SSSR count). The number of likely N-dealkylation sites (N-methyl/N-ethyl adjacent to an activating group) is 1. The van der Waals surface area contributed by atoms with E-state index in [0.717, 1.165) is 12.8 Å². The number of nitrogens with zero attached hydrogens (tertiary/aromatic N) is 1. The SMILES string of the molecule is CCC(CC)C(CNC(=O)CC(N)C(C)(C)C)N(C)C. The average molecular weight is 285 g/mol. The Morgan fingerprint density at radius 1 is 1.20 bits per heavy atom. The third-order valence-corrected chi connectivity index (χ3v) is 4.28. The standard InChI is InChI=1S/C16H35N3O/c1-8-12(9-2)13(19(6)7)11-18-15(20)10-14(17)16(3,4)5/h12-14H,8-11,17H2,1-7H3,(H,18,20). The van der Waals surface area contributed by atoms with E-state index in [4.69, 9.17) is 5.73 Å². The molecule has 0 aliphatic carbocycles. The Bertz CT molecular complexity index is 280. The smallest absolute Gasteiger partial charge is 0.221 e. The number of nitrogens with two attached hydrogens (primary N) is 1. The highest BCUT2D eigenvalue weighted by atomic mass is 16.1. The van der Waals surface area contributed by atoms with Crippen LogP contribution in [-0.4, -0.2) is 43.5 Å². The molecule has 0 aromatic heterocycles. The molecule has 0 aromatic carbocycles. The number of carbonyl (C=O) groups excluding carboxylic acids is 1. The molecule has 4 nitrogen and oxygen atoms in total. The van der Waals surface area contributed by atoms with E-state index in [1.165, 1.54) is 0 Å². The number of carbonyl (C=O) groups is 1. The Kier molecular flexibility index (Phi) is 8.36. The first-order valence-electron chi connectivity index (χ1n) is 7.82. The first-order chi connectivity index (χ1) is 9.13. The Morgan fingerprint density at radius 2 is 1.70 bits per heavy atom. The molecule has 20 heavy (non-hydrogen) atoms. The molecule has 0 spiro atoms. The predicted octanol–water partition coefficient (Wildman–Crippen LogP) is 2.23. The molecule has 1 amide bonds. The van der Waals surface area contributed by atoms with Gasteiger partial charge >= 0.3 is 0 Å². The van der Waals surface area contributed by atoms with Crippen LogP contribution >= 0.6 is 0 Å². The zero-order chi connectivity index (χ0) is 15.9. The molecule has 3 N–H and O–H groups in total. The second-order valence-corrected chi connectivity index (χ2v) is 7.09. The average Bonchev–Trinajstić information content (AvgIpc) is 2.32. The zero-order valence-electron chi connectivity index (χ0n) is 14.5. The molecule has 0 saturated carbocycles. The van der Waals surface area contributed by atoms with Crippen molar-refractivity contribution in [1.29, 1.82) is 0 Å². The lowest BCUT2D eigenvalue weighted by Gasteiger charge is -2.32. The lowest BCUT2D eigenvalue weighted by Crippen LogP contribution is -2.46. The summed E-state index contributed by atoms with van der Waals surface area (Å²) in [4.78, 5) is 14.2. The number of amides is 1. The fraction of sp³-hybridized carbons (Fsp3) is 0.938. The van der Waals surface area contributed by atoms with E-state index in [-0.39, 0.29) is 17.4 Å². The molecule has 0 fully saturated rings. The Labute approximate surface area is 125 Å². The molecular weight excluding hydrogens is 250 g/mol. The van der Waals surface area contributed by atoms with Crippen molar-refractivity contribution in [3.8, 4) is 0 Å². The lowest BCUT2D eigenvalue weighted by atomic mass is 9.85. The molecule has 2 atom stereocenters. The van der Waals surface area contributed by atoms with Gasteiger partial charge in [0.1, 0.15) is 0 Å². The van der Waals surface area contributed by atoms with Gasteiger partial charge in [0, 0.05) is 25.0 Å². The van der Waals surface area contributed by atoms with Gasteiger partial charge in [0.05, 0.1) is 0 Å². The number of hydrogen-bond acceptors (Lipinski definition) is 3. The van der Waals surface area contributed by atoms with E-state index in [1.54, 1.807) is 0 Å². The van der Waals surface area contributed by atoms with Crippen LogP contribution in [-0.2, 0) is 4.79 Å². The molecule has 0 aliphatic rings. The summed E-state index contributed by atoms with van der Waals surface area (Å²) in [6, 6.07) is 0.285. The van der Waals surface area contributed by atoms with Gasteiger partial charge in [0.15, 0.2) is 0 Å². The minimum Gasteiger partial charge on any atom is -0.354 e. The van der Waals surface area contributed by atoms with Crippen molar-refractivity contribution < 1.29 is 4.79 Å². The molecular formula is C16H35N3O. The van der Waals surface area contributed by atoms with Crippen LogP contribution in [0.2, 0.25) is 0 Å². The Hall–Kier alpha value is -0.610. The minimum atomic E-state index is -0.103. The maximum absolute atomic E-state index is 12.0. The highest BCUT2D eigenvalue weighted by Crippen LogP contribution is 2.20. The van der Waals surface area contributed by atoms with Crippen molar-refractivity contribution in [3.63, 3.8) is 0 Å². The van der Waals surface area contributed by atoms with Crippen LogP contribution in [0.25, 0.3) is 0 Å². The van der Waals surface area contributed by atoms with Crippen molar-refractivity contribution in [2.45, 2.75) is 66.0 Å². The van der Waals surface area contributed by atoms with E-state index in [2.05, 4.69) is 58.9 Å². The minimum absolute atomic E-state index is 0.0341. The first kappa shape index (κ1) is 19.4. The van der Waals surface area contributed by atoms with E-state index >= 15 is 0 Å². The third kappa shape index (κ3) is 6.71. The summed E-state index contributed by atoms with van der Waals surface area (Å²) in [5.41, 5.74) is 6.02. The summed E-state index contributed by atoms with van der Waals surface area (Å²) >= 11 is 0. The second kappa shape index (κ2) is 8.63. The predicted molar refractivity (Wildman–Crippen MR) is 86.6 cm³/mol. The summed E-state index contributed by atoms with van der Waals surface area (Å²) in [7, 11) is 4.16. The van der Waals surface area contributed by atoms with Gasteiger partial charge in [0.2, 0.25) is 5.91 Å². The van der Waals surface area contributed by atoms with Crippen LogP contribution in [0.1, 0.15) is 53.9 Å². The quantitative estimate of drug-likeness (QED) is 0.719.